The van der Waals surface area contributed by atoms with E-state index in [1.165, 1.54) is 17.1 Å². The molecule has 7 nitrogen and oxygen atoms in total. The number of fused-ring (bicyclic) bond motifs is 1. The number of nitrogen functional groups attached to an aromatic ring is 1. The highest BCUT2D eigenvalue weighted by Gasteiger charge is 2.57. The molecule has 1 fully saturated rings. The fourth-order valence-electron chi connectivity index (χ4n) is 2.30. The number of nitrogens with two attached hydrogens (primary N) is 1. The molecule has 0 bridgehead atoms. The van der Waals surface area contributed by atoms with E-state index in [9.17, 15) is 9.50 Å². The van der Waals surface area contributed by atoms with Crippen molar-refractivity contribution in [2.24, 2.45) is 0 Å². The molecule has 3 rings (SSSR count). The molecule has 20 heavy (non-hydrogen) atoms. The summed E-state index contributed by atoms with van der Waals surface area (Å²) in [5.74, 6) is 0.241. The fraction of sp³-hybridized carbons (Fsp3) is 0.455. The second-order valence-corrected chi connectivity index (χ2v) is 5.13. The summed E-state index contributed by atoms with van der Waals surface area (Å²) in [5.41, 5.74) is 6.02. The zero-order valence-corrected chi connectivity index (χ0v) is 10.9. The summed E-state index contributed by atoms with van der Waals surface area (Å²) in [6.45, 7) is -0.549. The smallest absolute Gasteiger partial charge is 0.256 e. The van der Waals surface area contributed by atoms with Gasteiger partial charge in [-0.3, -0.25) is 0 Å². The van der Waals surface area contributed by atoms with Crippen LogP contribution in [0, 0.1) is 0 Å². The van der Waals surface area contributed by atoms with Crippen molar-refractivity contribution in [2.45, 2.75) is 23.6 Å². The maximum absolute atomic E-state index is 14.5. The lowest BCUT2D eigenvalue weighted by Gasteiger charge is -2.22. The van der Waals surface area contributed by atoms with E-state index in [-0.39, 0.29) is 5.82 Å². The third-order valence-corrected chi connectivity index (χ3v) is 3.76. The van der Waals surface area contributed by atoms with Crippen molar-refractivity contribution in [3.8, 4) is 0 Å². The summed E-state index contributed by atoms with van der Waals surface area (Å²) in [7, 11) is 0. The van der Waals surface area contributed by atoms with Gasteiger partial charge in [-0.15, -0.1) is 0 Å². The molecule has 0 saturated carbocycles. The lowest BCUT2D eigenvalue weighted by molar-refractivity contribution is -0.0479. The van der Waals surface area contributed by atoms with Gasteiger partial charge < -0.3 is 25.3 Å². The van der Waals surface area contributed by atoms with Crippen LogP contribution in [0.15, 0.2) is 18.6 Å². The molecule has 4 atom stereocenters. The average Bonchev–Trinajstić information content (AvgIpc) is 2.92. The van der Waals surface area contributed by atoms with Crippen LogP contribution in [-0.2, 0) is 4.74 Å². The van der Waals surface area contributed by atoms with Crippen LogP contribution in [0.2, 0.25) is 0 Å². The normalized spacial score (nSPS) is 33.9. The summed E-state index contributed by atoms with van der Waals surface area (Å²) in [4.78, 5) is 7.84. The topological polar surface area (TPSA) is 106 Å². The van der Waals surface area contributed by atoms with Gasteiger partial charge in [0.2, 0.25) is 0 Å². The number of aliphatic hydroxyl groups excluding tert-OH is 2. The van der Waals surface area contributed by atoms with Gasteiger partial charge in [-0.05, 0) is 6.07 Å². The van der Waals surface area contributed by atoms with Crippen molar-refractivity contribution in [3.63, 3.8) is 0 Å². The van der Waals surface area contributed by atoms with Crippen molar-refractivity contribution >= 4 is 28.5 Å². The molecule has 1 aliphatic heterocycles. The van der Waals surface area contributed by atoms with Crippen molar-refractivity contribution in [2.75, 3.05) is 12.3 Å². The minimum Gasteiger partial charge on any atom is -0.394 e. The number of hydrogen-bond acceptors (Lipinski definition) is 6. The second-order valence-electron chi connectivity index (χ2n) is 4.55. The monoisotopic (exact) mass is 302 g/mol. The quantitative estimate of drug-likeness (QED) is 0.683. The molecule has 2 aromatic heterocycles. The van der Waals surface area contributed by atoms with Crippen LogP contribution in [0.25, 0.3) is 11.0 Å². The number of nitrogens with zero attached hydrogens (tertiary/aromatic N) is 3. The van der Waals surface area contributed by atoms with Gasteiger partial charge in [-0.1, -0.05) is 11.6 Å². The first-order valence-electron chi connectivity index (χ1n) is 5.86. The van der Waals surface area contributed by atoms with Gasteiger partial charge in [0.15, 0.2) is 6.23 Å². The number of alkyl halides is 2. The first-order chi connectivity index (χ1) is 9.46. The fourth-order valence-corrected chi connectivity index (χ4v) is 2.60. The van der Waals surface area contributed by atoms with E-state index in [0.29, 0.717) is 11.0 Å². The molecule has 3 heterocycles. The Kier molecular flexibility index (Phi) is 3.05. The lowest BCUT2D eigenvalue weighted by Crippen LogP contribution is -2.38. The van der Waals surface area contributed by atoms with Crippen molar-refractivity contribution in [1.29, 1.82) is 0 Å². The molecule has 0 radical (unpaired) electrons. The standard InChI is InChI=1S/C11H12ClFN4O3/c12-11(13)7(19)6(3-18)20-10(11)17-2-1-5-8(14)15-4-16-9(5)17/h1-2,4,6-7,10,18-19H,3H2,(H2,14,15,16)/t6-,7?,10-,11?/m1/s1. The van der Waals surface area contributed by atoms with Gasteiger partial charge in [0.25, 0.3) is 5.13 Å². The summed E-state index contributed by atoms with van der Waals surface area (Å²) in [6, 6.07) is 1.60. The Bertz CT molecular complexity index is 650. The Morgan fingerprint density at radius 3 is 2.95 bits per heavy atom. The van der Waals surface area contributed by atoms with E-state index in [4.69, 9.17) is 27.2 Å². The molecular formula is C11H12ClFN4O3. The van der Waals surface area contributed by atoms with Crippen LogP contribution >= 0.6 is 11.6 Å². The van der Waals surface area contributed by atoms with Crippen molar-refractivity contribution < 1.29 is 19.3 Å². The SMILES string of the molecule is Nc1ncnc2c1ccn2[C@@H]1O[C@H](CO)C(O)C1(F)Cl. The molecule has 0 aromatic carbocycles. The van der Waals surface area contributed by atoms with Crippen LogP contribution in [0.3, 0.4) is 0 Å². The van der Waals surface area contributed by atoms with E-state index in [1.807, 2.05) is 0 Å². The van der Waals surface area contributed by atoms with Crippen LogP contribution in [0.1, 0.15) is 6.23 Å². The van der Waals surface area contributed by atoms with Crippen LogP contribution < -0.4 is 5.73 Å². The Morgan fingerprint density at radius 2 is 2.30 bits per heavy atom. The van der Waals surface area contributed by atoms with E-state index >= 15 is 0 Å². The minimum atomic E-state index is -2.58. The molecule has 108 valence electrons. The predicted molar refractivity (Wildman–Crippen MR) is 68.6 cm³/mol. The Balaban J connectivity index is 2.10. The van der Waals surface area contributed by atoms with Crippen molar-refractivity contribution in [1.82, 2.24) is 14.5 Å². The highest BCUT2D eigenvalue weighted by atomic mass is 35.5. The molecule has 4 N–H and O–H groups in total. The second kappa shape index (κ2) is 4.52. The maximum Gasteiger partial charge on any atom is 0.256 e. The number of aromatic nitrogens is 3. The largest absolute Gasteiger partial charge is 0.394 e. The summed E-state index contributed by atoms with van der Waals surface area (Å²) in [5, 5.41) is 16.8. The summed E-state index contributed by atoms with van der Waals surface area (Å²) < 4.78 is 21.1. The summed E-state index contributed by atoms with van der Waals surface area (Å²) >= 11 is 5.74. The molecule has 2 unspecified atom stereocenters. The molecular weight excluding hydrogens is 291 g/mol. The number of hydrogen-bond donors (Lipinski definition) is 3. The van der Waals surface area contributed by atoms with E-state index < -0.39 is 30.2 Å². The number of halogens is 2. The van der Waals surface area contributed by atoms with E-state index in [1.54, 1.807) is 6.07 Å². The minimum absolute atomic E-state index is 0.241. The van der Waals surface area contributed by atoms with E-state index in [0.717, 1.165) is 0 Å². The molecule has 1 saturated heterocycles. The molecule has 9 heteroatoms. The first-order valence-corrected chi connectivity index (χ1v) is 6.23. The Hall–Kier alpha value is -1.48. The third kappa shape index (κ3) is 1.76. The number of anilines is 1. The number of rotatable bonds is 2. The molecule has 2 aromatic rings. The molecule has 1 aliphatic rings. The first kappa shape index (κ1) is 13.5. The Labute approximate surface area is 117 Å². The van der Waals surface area contributed by atoms with Gasteiger partial charge in [0.05, 0.1) is 12.0 Å². The van der Waals surface area contributed by atoms with Crippen LogP contribution in [0.5, 0.6) is 0 Å². The molecule has 0 spiro atoms. The van der Waals surface area contributed by atoms with Gasteiger partial charge >= 0.3 is 0 Å². The van der Waals surface area contributed by atoms with Crippen LogP contribution in [0.4, 0.5) is 10.2 Å². The van der Waals surface area contributed by atoms with Gasteiger partial charge in [-0.25, -0.2) is 14.4 Å². The van der Waals surface area contributed by atoms with Crippen LogP contribution in [-0.4, -0.2) is 48.7 Å². The number of ether oxygens (including phenoxy) is 1. The highest BCUT2D eigenvalue weighted by Crippen LogP contribution is 2.45. The molecule has 0 aliphatic carbocycles. The zero-order chi connectivity index (χ0) is 14.5. The van der Waals surface area contributed by atoms with Gasteiger partial charge in [-0.2, -0.15) is 0 Å². The molecule has 0 amide bonds. The van der Waals surface area contributed by atoms with E-state index in [2.05, 4.69) is 9.97 Å². The van der Waals surface area contributed by atoms with Crippen molar-refractivity contribution in [3.05, 3.63) is 18.6 Å². The predicted octanol–water partition coefficient (Wildman–Crippen LogP) is 0.169. The lowest BCUT2D eigenvalue weighted by atomic mass is 10.1. The van der Waals surface area contributed by atoms with Gasteiger partial charge in [0.1, 0.15) is 30.0 Å². The highest BCUT2D eigenvalue weighted by molar-refractivity contribution is 6.23. The Morgan fingerprint density at radius 1 is 1.55 bits per heavy atom. The van der Waals surface area contributed by atoms with Gasteiger partial charge in [0, 0.05) is 6.20 Å². The maximum atomic E-state index is 14.5. The zero-order valence-electron chi connectivity index (χ0n) is 10.1. The average molecular weight is 303 g/mol. The summed E-state index contributed by atoms with van der Waals surface area (Å²) in [6.07, 6.45) is -1.38. The number of aliphatic hydroxyl groups is 2. The third-order valence-electron chi connectivity index (χ3n) is 3.35.